The van der Waals surface area contributed by atoms with Crippen molar-refractivity contribution in [1.82, 2.24) is 0 Å². The first-order valence-electron chi connectivity index (χ1n) is 8.49. The summed E-state index contributed by atoms with van der Waals surface area (Å²) in [5, 5.41) is 34.3. The molecule has 32 heavy (non-hydrogen) atoms. The van der Waals surface area contributed by atoms with Crippen LogP contribution in [0.1, 0.15) is 12.5 Å². The maximum atomic E-state index is 11.5. The molecule has 0 saturated carbocycles. The monoisotopic (exact) mass is 506 g/mol. The second-order valence-electron chi connectivity index (χ2n) is 6.90. The summed E-state index contributed by atoms with van der Waals surface area (Å²) < 4.78 is 48.7. The summed E-state index contributed by atoms with van der Waals surface area (Å²) in [6.45, 7) is 1.39. The van der Waals surface area contributed by atoms with Gasteiger partial charge in [-0.15, -0.1) is 4.40 Å². The second kappa shape index (κ2) is 8.91. The second-order valence-corrected chi connectivity index (χ2v) is 10.4. The molecular weight excluding hydrogens is 488 g/mol. The predicted octanol–water partition coefficient (Wildman–Crippen LogP) is 0.572. The lowest BCUT2D eigenvalue weighted by atomic mass is 9.94. The van der Waals surface area contributed by atoms with Gasteiger partial charge in [0.2, 0.25) is 10.0 Å². The van der Waals surface area contributed by atoms with Crippen LogP contribution in [0.5, 0.6) is 11.5 Å². The van der Waals surface area contributed by atoms with Gasteiger partial charge in [0.15, 0.2) is 11.5 Å². The zero-order valence-electron chi connectivity index (χ0n) is 16.4. The third-order valence-electron chi connectivity index (χ3n) is 4.13. The number of nitrogens with zero attached hydrogens (tertiary/aromatic N) is 1. The molecule has 1 heterocycles. The topological polar surface area (TPSA) is 222 Å². The molecule has 8 N–H and O–H groups in total. The molecule has 1 atom stereocenters. The van der Waals surface area contributed by atoms with Gasteiger partial charge in [-0.2, -0.15) is 8.42 Å². The minimum atomic E-state index is -4.09. The fraction of sp³-hybridized carbons (Fsp3) is 0.176. The van der Waals surface area contributed by atoms with Gasteiger partial charge in [-0.3, -0.25) is 4.79 Å². The van der Waals surface area contributed by atoms with Crippen molar-refractivity contribution in [3.8, 4) is 11.5 Å². The Morgan fingerprint density at radius 2 is 1.84 bits per heavy atom. The summed E-state index contributed by atoms with van der Waals surface area (Å²) in [5.74, 6) is -1.64. The molecule has 0 bridgehead atoms. The number of carboxylic acids is 1. The normalized spacial score (nSPS) is 16.0. The molecule has 3 rings (SSSR count). The number of carboxylic acid groups (broad SMARTS) is 1. The van der Waals surface area contributed by atoms with Crippen LogP contribution >= 0.6 is 11.6 Å². The average Bonchev–Trinajstić information content (AvgIpc) is 2.63. The number of fused-ring (bicyclic) bond motifs is 1. The van der Waals surface area contributed by atoms with Gasteiger partial charge in [0.05, 0.1) is 10.7 Å². The molecule has 2 aromatic carbocycles. The Balaban J connectivity index is 0.000000229. The molecule has 0 saturated heterocycles. The summed E-state index contributed by atoms with van der Waals surface area (Å²) in [6.07, 6.45) is 1.06. The van der Waals surface area contributed by atoms with Crippen molar-refractivity contribution in [2.45, 2.75) is 28.7 Å². The highest BCUT2D eigenvalue weighted by molar-refractivity contribution is 7.91. The lowest BCUT2D eigenvalue weighted by molar-refractivity contribution is -0.142. The standard InChI is InChI=1S/C10H13NO4.C7H6ClN3O4S2/c1-10(11,9(14)15)5-6-2-3-7(12)8(13)4-6;8-4-1-5-7(2-6(4)16(9,12)13)17(14,15)11-3-10-5/h2-4,12-13H,5,11H2,1H3,(H,14,15);1-3H,(H,10,11)(H2,9,12,13)/t10-;/m0./s1. The quantitative estimate of drug-likeness (QED) is 0.316. The number of aliphatic carboxylic acids is 1. The first-order valence-corrected chi connectivity index (χ1v) is 11.9. The van der Waals surface area contributed by atoms with E-state index in [2.05, 4.69) is 9.71 Å². The highest BCUT2D eigenvalue weighted by Gasteiger charge is 2.28. The van der Waals surface area contributed by atoms with Gasteiger partial charge in [-0.05, 0) is 36.8 Å². The summed E-state index contributed by atoms with van der Waals surface area (Å²) >= 11 is 5.70. The number of nitrogens with one attached hydrogen (secondary N) is 1. The first kappa shape index (κ1) is 25.4. The van der Waals surface area contributed by atoms with Crippen LogP contribution in [-0.2, 0) is 31.3 Å². The number of phenols is 2. The molecule has 0 radical (unpaired) electrons. The number of halogens is 1. The number of nitrogens with two attached hydrogens (primary N) is 2. The van der Waals surface area contributed by atoms with Crippen molar-refractivity contribution < 1.29 is 36.9 Å². The van der Waals surface area contributed by atoms with Crippen LogP contribution in [0.3, 0.4) is 0 Å². The zero-order valence-corrected chi connectivity index (χ0v) is 18.7. The molecular formula is C17H19ClN4O8S2. The van der Waals surface area contributed by atoms with Gasteiger partial charge in [0, 0.05) is 6.42 Å². The van der Waals surface area contributed by atoms with Crippen LogP contribution < -0.4 is 16.2 Å². The zero-order chi connectivity index (χ0) is 24.5. The fourth-order valence-electron chi connectivity index (χ4n) is 2.48. The van der Waals surface area contributed by atoms with Crippen LogP contribution in [-0.4, -0.2) is 50.0 Å². The Morgan fingerprint density at radius 3 is 2.38 bits per heavy atom. The van der Waals surface area contributed by atoms with Gasteiger partial charge in [-0.25, -0.2) is 13.6 Å². The number of hydrogen-bond donors (Lipinski definition) is 6. The molecule has 15 heteroatoms. The molecule has 1 aliphatic rings. The lowest BCUT2D eigenvalue weighted by Crippen LogP contribution is -2.46. The third kappa shape index (κ3) is 5.86. The number of benzene rings is 2. The van der Waals surface area contributed by atoms with Gasteiger partial charge < -0.3 is 26.4 Å². The summed E-state index contributed by atoms with van der Waals surface area (Å²) in [5.41, 5.74) is 4.85. The van der Waals surface area contributed by atoms with Crippen molar-refractivity contribution in [3.05, 3.63) is 40.9 Å². The van der Waals surface area contributed by atoms with E-state index < -0.39 is 36.5 Å². The van der Waals surface area contributed by atoms with Crippen molar-refractivity contribution >= 4 is 49.6 Å². The molecule has 1 aliphatic heterocycles. The molecule has 0 aliphatic carbocycles. The van der Waals surface area contributed by atoms with Crippen LogP contribution in [0.2, 0.25) is 5.02 Å². The van der Waals surface area contributed by atoms with E-state index >= 15 is 0 Å². The molecule has 12 nitrogen and oxygen atoms in total. The number of carbonyl (C=O) groups is 1. The summed E-state index contributed by atoms with van der Waals surface area (Å²) in [7, 11) is -8.01. The summed E-state index contributed by atoms with van der Waals surface area (Å²) in [4.78, 5) is 10.00. The number of phenolic OH excluding ortho intramolecular Hbond substituents is 2. The van der Waals surface area contributed by atoms with Crippen molar-refractivity contribution in [2.75, 3.05) is 5.32 Å². The highest BCUT2D eigenvalue weighted by Crippen LogP contribution is 2.33. The predicted molar refractivity (Wildman–Crippen MR) is 116 cm³/mol. The maximum absolute atomic E-state index is 11.5. The molecule has 0 unspecified atom stereocenters. The number of aromatic hydroxyl groups is 2. The number of hydrogen-bond acceptors (Lipinski definition) is 9. The Labute approximate surface area is 188 Å². The largest absolute Gasteiger partial charge is 0.504 e. The number of anilines is 1. The van der Waals surface area contributed by atoms with Crippen molar-refractivity contribution in [3.63, 3.8) is 0 Å². The third-order valence-corrected chi connectivity index (χ3v) is 6.78. The fourth-order valence-corrected chi connectivity index (χ4v) is 4.62. The van der Waals surface area contributed by atoms with Gasteiger partial charge in [0.25, 0.3) is 10.0 Å². The van der Waals surface area contributed by atoms with E-state index in [1.807, 2.05) is 0 Å². The van der Waals surface area contributed by atoms with E-state index in [4.69, 9.17) is 32.7 Å². The van der Waals surface area contributed by atoms with E-state index in [1.165, 1.54) is 31.2 Å². The Morgan fingerprint density at radius 1 is 1.22 bits per heavy atom. The van der Waals surface area contributed by atoms with E-state index in [0.717, 1.165) is 12.4 Å². The van der Waals surface area contributed by atoms with E-state index in [1.54, 1.807) is 0 Å². The Kier molecular flexibility index (Phi) is 7.06. The highest BCUT2D eigenvalue weighted by atomic mass is 35.5. The van der Waals surface area contributed by atoms with E-state index in [9.17, 15) is 26.7 Å². The number of rotatable bonds is 4. The van der Waals surface area contributed by atoms with Gasteiger partial charge in [-0.1, -0.05) is 17.7 Å². The Bertz CT molecular complexity index is 1310. The van der Waals surface area contributed by atoms with Gasteiger partial charge >= 0.3 is 5.97 Å². The SMILES string of the molecule is C[C@](N)(Cc1ccc(O)c(O)c1)C(=O)O.NS(=O)(=O)c1cc2c(cc1Cl)NC=NS2(=O)=O. The lowest BCUT2D eigenvalue weighted by Gasteiger charge is -2.19. The molecule has 174 valence electrons. The first-order chi connectivity index (χ1) is 14.5. The van der Waals surface area contributed by atoms with Crippen molar-refractivity contribution in [2.24, 2.45) is 15.3 Å². The number of primary sulfonamides is 1. The molecule has 0 spiro atoms. The molecule has 0 amide bonds. The molecule has 0 fully saturated rings. The maximum Gasteiger partial charge on any atom is 0.323 e. The van der Waals surface area contributed by atoms with Crippen LogP contribution in [0.25, 0.3) is 0 Å². The average molecular weight is 507 g/mol. The minimum absolute atomic E-state index is 0.0795. The van der Waals surface area contributed by atoms with Gasteiger partial charge in [0.1, 0.15) is 21.7 Å². The Hall–Kier alpha value is -2.91. The van der Waals surface area contributed by atoms with E-state index in [-0.39, 0.29) is 33.5 Å². The van der Waals surface area contributed by atoms with Crippen LogP contribution in [0, 0.1) is 0 Å². The summed E-state index contributed by atoms with van der Waals surface area (Å²) in [6, 6.07) is 6.15. The molecule has 0 aromatic heterocycles. The van der Waals surface area contributed by atoms with E-state index in [0.29, 0.717) is 5.56 Å². The minimum Gasteiger partial charge on any atom is -0.504 e. The van der Waals surface area contributed by atoms with Crippen LogP contribution in [0.15, 0.2) is 44.5 Å². The molecule has 2 aromatic rings. The number of sulfonamides is 2. The smallest absolute Gasteiger partial charge is 0.323 e. The van der Waals surface area contributed by atoms with Crippen LogP contribution in [0.4, 0.5) is 5.69 Å². The van der Waals surface area contributed by atoms with Crippen molar-refractivity contribution in [1.29, 1.82) is 0 Å².